The van der Waals surface area contributed by atoms with E-state index in [2.05, 4.69) is 31.3 Å². The van der Waals surface area contributed by atoms with E-state index in [0.717, 1.165) is 16.5 Å². The van der Waals surface area contributed by atoms with Gasteiger partial charge in [-0.1, -0.05) is 0 Å². The van der Waals surface area contributed by atoms with Crippen molar-refractivity contribution in [2.75, 3.05) is 6.54 Å². The van der Waals surface area contributed by atoms with E-state index in [-0.39, 0.29) is 5.91 Å². The average molecular weight is 297 g/mol. The summed E-state index contributed by atoms with van der Waals surface area (Å²) in [6, 6.07) is 1.75. The number of hydrogen-bond donors (Lipinski definition) is 2. The molecule has 2 aromatic rings. The van der Waals surface area contributed by atoms with Crippen LogP contribution in [-0.4, -0.2) is 27.2 Å². The van der Waals surface area contributed by atoms with Gasteiger partial charge in [-0.25, -0.2) is 0 Å². The minimum atomic E-state index is -0.0976. The molecule has 0 aromatic carbocycles. The van der Waals surface area contributed by atoms with Crippen LogP contribution < -0.4 is 5.32 Å². The van der Waals surface area contributed by atoms with Crippen molar-refractivity contribution in [3.63, 3.8) is 0 Å². The van der Waals surface area contributed by atoms with Crippen LogP contribution in [0, 0.1) is 0 Å². The van der Waals surface area contributed by atoms with Crippen molar-refractivity contribution in [3.05, 3.63) is 40.4 Å². The molecule has 2 N–H and O–H groups in total. The Morgan fingerprint density at radius 1 is 1.65 bits per heavy atom. The molecule has 2 aromatic heterocycles. The fourth-order valence-electron chi connectivity index (χ4n) is 1.52. The fourth-order valence-corrected chi connectivity index (χ4v) is 1.86. The molecule has 0 saturated carbocycles. The number of amides is 1. The van der Waals surface area contributed by atoms with Crippen LogP contribution in [0.5, 0.6) is 0 Å². The molecule has 2 heterocycles. The normalized spacial score (nSPS) is 10.5. The smallest absolute Gasteiger partial charge is 0.267 e. The molecule has 1 amide bonds. The first-order valence-corrected chi connectivity index (χ1v) is 6.04. The Morgan fingerprint density at radius 3 is 3.06 bits per heavy atom. The zero-order chi connectivity index (χ0) is 12.3. The number of aryl methyl sites for hydroxylation is 1. The SMILES string of the molecule is Cn1cc(CCNC(=O)c2cc(Br)c[nH]2)cn1. The summed E-state index contributed by atoms with van der Waals surface area (Å²) in [4.78, 5) is 14.6. The van der Waals surface area contributed by atoms with Gasteiger partial charge in [0.15, 0.2) is 0 Å². The molecule has 0 fully saturated rings. The van der Waals surface area contributed by atoms with Crippen molar-refractivity contribution >= 4 is 21.8 Å². The summed E-state index contributed by atoms with van der Waals surface area (Å²) in [6.07, 6.45) is 6.26. The van der Waals surface area contributed by atoms with Crippen LogP contribution in [0.4, 0.5) is 0 Å². The zero-order valence-corrected chi connectivity index (χ0v) is 11.0. The van der Waals surface area contributed by atoms with Crippen LogP contribution in [-0.2, 0) is 13.5 Å². The van der Waals surface area contributed by atoms with Gasteiger partial charge in [-0.15, -0.1) is 0 Å². The summed E-state index contributed by atoms with van der Waals surface area (Å²) in [5, 5.41) is 6.91. The van der Waals surface area contributed by atoms with Crippen LogP contribution in [0.3, 0.4) is 0 Å². The fraction of sp³-hybridized carbons (Fsp3) is 0.273. The van der Waals surface area contributed by atoms with Gasteiger partial charge in [0.2, 0.25) is 0 Å². The molecule has 90 valence electrons. The van der Waals surface area contributed by atoms with Gasteiger partial charge >= 0.3 is 0 Å². The minimum Gasteiger partial charge on any atom is -0.356 e. The second-order valence-corrected chi connectivity index (χ2v) is 4.68. The third kappa shape index (κ3) is 3.20. The van der Waals surface area contributed by atoms with E-state index < -0.39 is 0 Å². The Bertz CT molecular complexity index is 517. The molecule has 0 radical (unpaired) electrons. The van der Waals surface area contributed by atoms with Gasteiger partial charge in [0, 0.05) is 30.5 Å². The van der Waals surface area contributed by atoms with Gasteiger partial charge in [-0.3, -0.25) is 9.48 Å². The lowest BCUT2D eigenvalue weighted by Crippen LogP contribution is -2.25. The quantitative estimate of drug-likeness (QED) is 0.898. The number of nitrogens with one attached hydrogen (secondary N) is 2. The standard InChI is InChI=1S/C11H13BrN4O/c1-16-7-8(5-15-16)2-3-13-11(17)10-4-9(12)6-14-10/h4-7,14H,2-3H2,1H3,(H,13,17). The molecule has 0 saturated heterocycles. The van der Waals surface area contributed by atoms with Crippen molar-refractivity contribution in [2.45, 2.75) is 6.42 Å². The maximum Gasteiger partial charge on any atom is 0.267 e. The molecule has 0 aliphatic heterocycles. The summed E-state index contributed by atoms with van der Waals surface area (Å²) in [7, 11) is 1.87. The highest BCUT2D eigenvalue weighted by Gasteiger charge is 2.06. The summed E-state index contributed by atoms with van der Waals surface area (Å²) >= 11 is 3.29. The molecular weight excluding hydrogens is 284 g/mol. The maximum absolute atomic E-state index is 11.7. The van der Waals surface area contributed by atoms with Crippen LogP contribution >= 0.6 is 15.9 Å². The van der Waals surface area contributed by atoms with Gasteiger partial charge in [0.05, 0.1) is 6.20 Å². The molecular formula is C11H13BrN4O. The van der Waals surface area contributed by atoms with E-state index in [1.165, 1.54) is 0 Å². The summed E-state index contributed by atoms with van der Waals surface area (Å²) in [5.74, 6) is -0.0976. The molecule has 0 aliphatic rings. The third-order valence-electron chi connectivity index (χ3n) is 2.35. The van der Waals surface area contributed by atoms with Crippen molar-refractivity contribution in [1.29, 1.82) is 0 Å². The summed E-state index contributed by atoms with van der Waals surface area (Å²) in [5.41, 5.74) is 1.67. The van der Waals surface area contributed by atoms with Crippen molar-refractivity contribution in [2.24, 2.45) is 7.05 Å². The highest BCUT2D eigenvalue weighted by atomic mass is 79.9. The van der Waals surface area contributed by atoms with E-state index in [1.807, 2.05) is 13.2 Å². The summed E-state index contributed by atoms with van der Waals surface area (Å²) in [6.45, 7) is 0.598. The Hall–Kier alpha value is -1.56. The molecule has 17 heavy (non-hydrogen) atoms. The topological polar surface area (TPSA) is 62.7 Å². The molecule has 0 unspecified atom stereocenters. The van der Waals surface area contributed by atoms with Gasteiger partial charge in [0.1, 0.15) is 5.69 Å². The lowest BCUT2D eigenvalue weighted by atomic mass is 10.2. The van der Waals surface area contributed by atoms with Gasteiger partial charge in [-0.2, -0.15) is 5.10 Å². The van der Waals surface area contributed by atoms with Crippen LogP contribution in [0.2, 0.25) is 0 Å². The maximum atomic E-state index is 11.7. The number of aromatic nitrogens is 3. The number of aromatic amines is 1. The predicted octanol–water partition coefficient (Wildman–Crippen LogP) is 1.48. The van der Waals surface area contributed by atoms with Crippen LogP contribution in [0.1, 0.15) is 16.1 Å². The van der Waals surface area contributed by atoms with E-state index in [9.17, 15) is 4.79 Å². The van der Waals surface area contributed by atoms with Crippen LogP contribution in [0.25, 0.3) is 0 Å². The Balaban J connectivity index is 1.81. The first kappa shape index (κ1) is 11.9. The second kappa shape index (κ2) is 5.18. The first-order chi connectivity index (χ1) is 8.15. The second-order valence-electron chi connectivity index (χ2n) is 3.76. The third-order valence-corrected chi connectivity index (χ3v) is 2.81. The summed E-state index contributed by atoms with van der Waals surface area (Å²) < 4.78 is 2.62. The molecule has 6 heteroatoms. The Labute approximate surface area is 107 Å². The highest BCUT2D eigenvalue weighted by molar-refractivity contribution is 9.10. The minimum absolute atomic E-state index is 0.0976. The van der Waals surface area contributed by atoms with Crippen LogP contribution in [0.15, 0.2) is 29.1 Å². The average Bonchev–Trinajstić information content (AvgIpc) is 2.88. The monoisotopic (exact) mass is 296 g/mol. The Morgan fingerprint density at radius 2 is 2.47 bits per heavy atom. The van der Waals surface area contributed by atoms with Crippen molar-refractivity contribution < 1.29 is 4.79 Å². The molecule has 0 spiro atoms. The van der Waals surface area contributed by atoms with Crippen molar-refractivity contribution in [1.82, 2.24) is 20.1 Å². The van der Waals surface area contributed by atoms with Gasteiger partial charge < -0.3 is 10.3 Å². The molecule has 0 bridgehead atoms. The van der Waals surface area contributed by atoms with E-state index in [1.54, 1.807) is 23.1 Å². The molecule has 0 atom stereocenters. The van der Waals surface area contributed by atoms with E-state index >= 15 is 0 Å². The number of carbonyl (C=O) groups excluding carboxylic acids is 1. The lowest BCUT2D eigenvalue weighted by Gasteiger charge is -2.01. The molecule has 5 nitrogen and oxygen atoms in total. The number of carbonyl (C=O) groups is 1. The van der Waals surface area contributed by atoms with Gasteiger partial charge in [0.25, 0.3) is 5.91 Å². The molecule has 0 aliphatic carbocycles. The number of halogens is 1. The largest absolute Gasteiger partial charge is 0.356 e. The first-order valence-electron chi connectivity index (χ1n) is 5.25. The number of hydrogen-bond acceptors (Lipinski definition) is 2. The Kier molecular flexibility index (Phi) is 3.63. The number of rotatable bonds is 4. The highest BCUT2D eigenvalue weighted by Crippen LogP contribution is 2.10. The zero-order valence-electron chi connectivity index (χ0n) is 9.40. The predicted molar refractivity (Wildman–Crippen MR) is 67.7 cm³/mol. The lowest BCUT2D eigenvalue weighted by molar-refractivity contribution is 0.0950. The van der Waals surface area contributed by atoms with E-state index in [0.29, 0.717) is 12.2 Å². The van der Waals surface area contributed by atoms with E-state index in [4.69, 9.17) is 0 Å². The number of nitrogens with zero attached hydrogens (tertiary/aromatic N) is 2. The van der Waals surface area contributed by atoms with Crippen molar-refractivity contribution in [3.8, 4) is 0 Å². The van der Waals surface area contributed by atoms with Gasteiger partial charge in [-0.05, 0) is 34.0 Å². The number of H-pyrrole nitrogens is 1. The molecule has 2 rings (SSSR count).